The molecular formula is C24H23F3N4O4. The van der Waals surface area contributed by atoms with Crippen molar-refractivity contribution in [2.75, 3.05) is 7.11 Å². The number of hydrogen-bond acceptors (Lipinski definition) is 5. The third-order valence-corrected chi connectivity index (χ3v) is 5.57. The number of nitrogens with zero attached hydrogens (tertiary/aromatic N) is 2. The smallest absolute Gasteiger partial charge is 0.420 e. The lowest BCUT2D eigenvalue weighted by atomic mass is 10.1. The molecule has 35 heavy (non-hydrogen) atoms. The highest BCUT2D eigenvalue weighted by atomic mass is 19.4. The number of methoxy groups -OCH3 is 1. The van der Waals surface area contributed by atoms with Gasteiger partial charge in [0, 0.05) is 19.8 Å². The number of ether oxygens (including phenoxy) is 2. The molecule has 1 fully saturated rings. The fraction of sp³-hybridized carbons (Fsp3) is 0.292. The first-order valence-electron chi connectivity index (χ1n) is 10.7. The summed E-state index contributed by atoms with van der Waals surface area (Å²) < 4.78 is 52.1. The summed E-state index contributed by atoms with van der Waals surface area (Å²) in [4.78, 5) is 29.0. The zero-order chi connectivity index (χ0) is 25.2. The van der Waals surface area contributed by atoms with Crippen LogP contribution in [0.15, 0.2) is 55.0 Å². The largest absolute Gasteiger partial charge is 0.497 e. The van der Waals surface area contributed by atoms with Gasteiger partial charge in [-0.1, -0.05) is 12.1 Å². The number of imidazole rings is 1. The molecule has 1 heterocycles. The van der Waals surface area contributed by atoms with Gasteiger partial charge in [-0.2, -0.15) is 13.2 Å². The van der Waals surface area contributed by atoms with Crippen LogP contribution in [0.2, 0.25) is 0 Å². The molecule has 184 valence electrons. The van der Waals surface area contributed by atoms with Crippen molar-refractivity contribution in [2.24, 2.45) is 7.05 Å². The molecule has 2 amide bonds. The maximum Gasteiger partial charge on any atom is 0.420 e. The summed E-state index contributed by atoms with van der Waals surface area (Å²) in [5.74, 6) is -0.803. The Bertz CT molecular complexity index is 1230. The molecule has 2 aromatic carbocycles. The Hall–Kier alpha value is -4.02. The Morgan fingerprint density at radius 2 is 1.80 bits per heavy atom. The van der Waals surface area contributed by atoms with E-state index in [1.807, 2.05) is 0 Å². The molecule has 1 aliphatic rings. The highest BCUT2D eigenvalue weighted by molar-refractivity contribution is 5.99. The molecule has 0 bridgehead atoms. The Kier molecular flexibility index (Phi) is 6.42. The van der Waals surface area contributed by atoms with E-state index in [2.05, 4.69) is 15.6 Å². The van der Waals surface area contributed by atoms with Crippen LogP contribution in [0.5, 0.6) is 17.2 Å². The summed E-state index contributed by atoms with van der Waals surface area (Å²) in [6.45, 7) is 0.177. The monoisotopic (exact) mass is 488 g/mol. The van der Waals surface area contributed by atoms with Gasteiger partial charge in [-0.05, 0) is 48.7 Å². The molecular weight excluding hydrogens is 465 g/mol. The van der Waals surface area contributed by atoms with Crippen LogP contribution >= 0.6 is 0 Å². The van der Waals surface area contributed by atoms with E-state index in [9.17, 15) is 22.8 Å². The maximum absolute atomic E-state index is 13.4. The van der Waals surface area contributed by atoms with Crippen LogP contribution < -0.4 is 20.1 Å². The average Bonchev–Trinajstić information content (AvgIpc) is 3.48. The predicted molar refractivity (Wildman–Crippen MR) is 119 cm³/mol. The first-order valence-corrected chi connectivity index (χ1v) is 10.7. The number of hydrogen-bond donors (Lipinski definition) is 2. The molecule has 3 aromatic rings. The molecule has 0 unspecified atom stereocenters. The molecule has 0 radical (unpaired) electrons. The van der Waals surface area contributed by atoms with Gasteiger partial charge in [0.1, 0.15) is 34.0 Å². The fourth-order valence-corrected chi connectivity index (χ4v) is 3.45. The van der Waals surface area contributed by atoms with Crippen LogP contribution in [-0.2, 0) is 24.6 Å². The number of halogens is 3. The number of benzene rings is 2. The fourth-order valence-electron chi connectivity index (χ4n) is 3.45. The molecule has 4 rings (SSSR count). The number of rotatable bonds is 8. The summed E-state index contributed by atoms with van der Waals surface area (Å²) in [6.07, 6.45) is -0.503. The van der Waals surface area contributed by atoms with E-state index in [4.69, 9.17) is 9.47 Å². The molecule has 0 spiro atoms. The standard InChI is InChI=1S/C24H23F3N4O4/c1-31-13-19(29-14-31)21(32)30-23(9-10-23)22(33)28-12-15-3-5-16(6-4-15)35-20-8-7-17(34-2)11-18(20)24(25,26)27/h3-8,11,13-14H,9-10,12H2,1-2H3,(H,28,33)(H,30,32). The summed E-state index contributed by atoms with van der Waals surface area (Å²) in [5, 5.41) is 5.54. The summed E-state index contributed by atoms with van der Waals surface area (Å²) in [7, 11) is 3.03. The van der Waals surface area contributed by atoms with E-state index < -0.39 is 23.2 Å². The van der Waals surface area contributed by atoms with Gasteiger partial charge < -0.3 is 24.7 Å². The minimum absolute atomic E-state index is 0.0698. The SMILES string of the molecule is COc1ccc(Oc2ccc(CNC(=O)C3(NC(=O)c4cn(C)cn4)CC3)cc2)c(C(F)(F)F)c1. The number of aromatic nitrogens is 2. The van der Waals surface area contributed by atoms with E-state index in [0.29, 0.717) is 18.4 Å². The van der Waals surface area contributed by atoms with Crippen molar-refractivity contribution in [1.29, 1.82) is 0 Å². The number of carbonyl (C=O) groups is 2. The third-order valence-electron chi connectivity index (χ3n) is 5.57. The number of amides is 2. The van der Waals surface area contributed by atoms with E-state index in [1.54, 1.807) is 29.9 Å². The quantitative estimate of drug-likeness (QED) is 0.503. The second kappa shape index (κ2) is 9.32. The first-order chi connectivity index (χ1) is 16.6. The number of nitrogens with one attached hydrogen (secondary N) is 2. The van der Waals surface area contributed by atoms with Crippen molar-refractivity contribution < 1.29 is 32.2 Å². The molecule has 1 aromatic heterocycles. The van der Waals surface area contributed by atoms with Crippen molar-refractivity contribution in [1.82, 2.24) is 20.2 Å². The van der Waals surface area contributed by atoms with Gasteiger partial charge in [0.2, 0.25) is 5.91 Å². The van der Waals surface area contributed by atoms with Crippen LogP contribution in [0.3, 0.4) is 0 Å². The average molecular weight is 488 g/mol. The minimum Gasteiger partial charge on any atom is -0.497 e. The second-order valence-electron chi connectivity index (χ2n) is 8.25. The van der Waals surface area contributed by atoms with Crippen LogP contribution in [0.25, 0.3) is 0 Å². The third kappa shape index (κ3) is 5.56. The molecule has 0 saturated heterocycles. The second-order valence-corrected chi connectivity index (χ2v) is 8.25. The van der Waals surface area contributed by atoms with E-state index in [-0.39, 0.29) is 35.4 Å². The molecule has 8 nitrogen and oxygen atoms in total. The predicted octanol–water partition coefficient (Wildman–Crippen LogP) is 3.82. The number of carbonyl (C=O) groups excluding carboxylic acids is 2. The van der Waals surface area contributed by atoms with Crippen LogP contribution in [0, 0.1) is 0 Å². The van der Waals surface area contributed by atoms with Crippen molar-refractivity contribution in [3.63, 3.8) is 0 Å². The maximum atomic E-state index is 13.4. The first kappa shape index (κ1) is 24.1. The van der Waals surface area contributed by atoms with Crippen molar-refractivity contribution >= 4 is 11.8 Å². The molecule has 0 aliphatic heterocycles. The molecule has 1 saturated carbocycles. The van der Waals surface area contributed by atoms with Gasteiger partial charge in [0.05, 0.1) is 13.4 Å². The van der Waals surface area contributed by atoms with Gasteiger partial charge in [0.15, 0.2) is 0 Å². The summed E-state index contributed by atoms with van der Waals surface area (Å²) >= 11 is 0. The van der Waals surface area contributed by atoms with E-state index in [1.165, 1.54) is 37.7 Å². The van der Waals surface area contributed by atoms with E-state index in [0.717, 1.165) is 6.07 Å². The molecule has 1 aliphatic carbocycles. The lowest BCUT2D eigenvalue weighted by Crippen LogP contribution is -2.48. The zero-order valence-corrected chi connectivity index (χ0v) is 19.0. The summed E-state index contributed by atoms with van der Waals surface area (Å²) in [6, 6.07) is 9.76. The van der Waals surface area contributed by atoms with Crippen molar-refractivity contribution in [3.8, 4) is 17.2 Å². The Morgan fingerprint density at radius 1 is 1.11 bits per heavy atom. The van der Waals surface area contributed by atoms with Gasteiger partial charge in [-0.15, -0.1) is 0 Å². The lowest BCUT2D eigenvalue weighted by Gasteiger charge is -2.17. The highest BCUT2D eigenvalue weighted by Gasteiger charge is 2.51. The highest BCUT2D eigenvalue weighted by Crippen LogP contribution is 2.40. The van der Waals surface area contributed by atoms with E-state index >= 15 is 0 Å². The Balaban J connectivity index is 1.35. The van der Waals surface area contributed by atoms with Gasteiger partial charge in [-0.3, -0.25) is 9.59 Å². The molecule has 11 heteroatoms. The minimum atomic E-state index is -4.61. The molecule has 2 N–H and O–H groups in total. The lowest BCUT2D eigenvalue weighted by molar-refractivity contribution is -0.138. The van der Waals surface area contributed by atoms with Crippen LogP contribution in [0.4, 0.5) is 13.2 Å². The molecule has 0 atom stereocenters. The van der Waals surface area contributed by atoms with Crippen LogP contribution in [0.1, 0.15) is 34.5 Å². The zero-order valence-electron chi connectivity index (χ0n) is 19.0. The van der Waals surface area contributed by atoms with Crippen molar-refractivity contribution in [3.05, 3.63) is 71.8 Å². The van der Waals surface area contributed by atoms with Crippen molar-refractivity contribution in [2.45, 2.75) is 31.1 Å². The van der Waals surface area contributed by atoms with Gasteiger partial charge in [0.25, 0.3) is 5.91 Å². The van der Waals surface area contributed by atoms with Gasteiger partial charge in [-0.25, -0.2) is 4.98 Å². The van der Waals surface area contributed by atoms with Gasteiger partial charge >= 0.3 is 6.18 Å². The number of alkyl halides is 3. The Labute approximate surface area is 199 Å². The normalized spacial score (nSPS) is 14.2. The Morgan fingerprint density at radius 3 is 2.37 bits per heavy atom. The summed E-state index contributed by atoms with van der Waals surface area (Å²) in [5.41, 5.74) is -0.966. The topological polar surface area (TPSA) is 94.5 Å². The number of aryl methyl sites for hydroxylation is 1. The van der Waals surface area contributed by atoms with Crippen LogP contribution in [-0.4, -0.2) is 34.0 Å².